The number of esters is 1. The van der Waals surface area contributed by atoms with Gasteiger partial charge in [0.1, 0.15) is 6.61 Å². The number of hydrogen-bond acceptors (Lipinski definition) is 4. The Morgan fingerprint density at radius 3 is 2.64 bits per heavy atom. The summed E-state index contributed by atoms with van der Waals surface area (Å²) >= 11 is 0. The normalized spacial score (nSPS) is 8.91. The van der Waals surface area contributed by atoms with Crippen molar-refractivity contribution in [2.24, 2.45) is 5.73 Å². The summed E-state index contributed by atoms with van der Waals surface area (Å²) in [5.74, 6) is -0.607. The van der Waals surface area contributed by atoms with E-state index in [2.05, 4.69) is 10.1 Å². The van der Waals surface area contributed by atoms with Gasteiger partial charge in [-0.3, -0.25) is 9.59 Å². The molecule has 5 heteroatoms. The molecule has 0 rings (SSSR count). The third kappa shape index (κ3) is 6.79. The second-order valence-electron chi connectivity index (χ2n) is 1.89. The fourth-order valence-corrected chi connectivity index (χ4v) is 0.457. The SMILES string of the molecule is CC(=O)OCCNC(=O)CN. The van der Waals surface area contributed by atoms with Gasteiger partial charge in [0.25, 0.3) is 0 Å². The molecule has 1 amide bonds. The van der Waals surface area contributed by atoms with Gasteiger partial charge < -0.3 is 15.8 Å². The van der Waals surface area contributed by atoms with Crippen molar-refractivity contribution in [2.45, 2.75) is 6.92 Å². The summed E-state index contributed by atoms with van der Waals surface area (Å²) in [6, 6.07) is 0. The highest BCUT2D eigenvalue weighted by atomic mass is 16.5. The molecule has 0 aromatic rings. The lowest BCUT2D eigenvalue weighted by Gasteiger charge is -2.02. The summed E-state index contributed by atoms with van der Waals surface area (Å²) in [7, 11) is 0. The molecule has 0 heterocycles. The van der Waals surface area contributed by atoms with E-state index in [0.717, 1.165) is 0 Å². The minimum absolute atomic E-state index is 0.0416. The number of carbonyl (C=O) groups is 2. The molecule has 0 spiro atoms. The van der Waals surface area contributed by atoms with Gasteiger partial charge in [-0.25, -0.2) is 0 Å². The molecule has 0 aromatic heterocycles. The van der Waals surface area contributed by atoms with Crippen LogP contribution < -0.4 is 11.1 Å². The molecular weight excluding hydrogens is 148 g/mol. The van der Waals surface area contributed by atoms with Crippen LogP contribution in [0.3, 0.4) is 0 Å². The highest BCUT2D eigenvalue weighted by Gasteiger charge is 1.95. The molecule has 11 heavy (non-hydrogen) atoms. The Hall–Kier alpha value is -1.10. The number of hydrogen-bond donors (Lipinski definition) is 2. The molecule has 64 valence electrons. The zero-order chi connectivity index (χ0) is 8.69. The van der Waals surface area contributed by atoms with Gasteiger partial charge in [0.05, 0.1) is 13.1 Å². The highest BCUT2D eigenvalue weighted by Crippen LogP contribution is 1.73. The van der Waals surface area contributed by atoms with Crippen molar-refractivity contribution in [3.05, 3.63) is 0 Å². The fraction of sp³-hybridized carbons (Fsp3) is 0.667. The predicted molar refractivity (Wildman–Crippen MR) is 38.7 cm³/mol. The Labute approximate surface area is 64.9 Å². The Morgan fingerprint density at radius 1 is 1.55 bits per heavy atom. The van der Waals surface area contributed by atoms with Gasteiger partial charge in [-0.2, -0.15) is 0 Å². The van der Waals surface area contributed by atoms with Crippen LogP contribution in [-0.2, 0) is 14.3 Å². The molecule has 0 saturated heterocycles. The summed E-state index contributed by atoms with van der Waals surface area (Å²) in [5, 5.41) is 2.45. The zero-order valence-electron chi connectivity index (χ0n) is 6.42. The molecule has 0 unspecified atom stereocenters. The number of nitrogens with one attached hydrogen (secondary N) is 1. The molecule has 5 nitrogen and oxygen atoms in total. The van der Waals surface area contributed by atoms with Crippen molar-refractivity contribution in [2.75, 3.05) is 19.7 Å². The van der Waals surface area contributed by atoms with E-state index >= 15 is 0 Å². The maximum Gasteiger partial charge on any atom is 0.302 e. The van der Waals surface area contributed by atoms with Gasteiger partial charge in [0.15, 0.2) is 0 Å². The van der Waals surface area contributed by atoms with Crippen LogP contribution in [0.2, 0.25) is 0 Å². The standard InChI is InChI=1S/C6H12N2O3/c1-5(9)11-3-2-8-6(10)4-7/h2-4,7H2,1H3,(H,8,10). The smallest absolute Gasteiger partial charge is 0.302 e. The first-order valence-electron chi connectivity index (χ1n) is 3.27. The molecule has 0 aliphatic heterocycles. The van der Waals surface area contributed by atoms with Crippen LogP contribution in [0.1, 0.15) is 6.92 Å². The first-order valence-corrected chi connectivity index (χ1v) is 3.27. The molecule has 0 bridgehead atoms. The summed E-state index contributed by atoms with van der Waals surface area (Å²) in [6.45, 7) is 1.78. The van der Waals surface area contributed by atoms with Crippen LogP contribution in [0.4, 0.5) is 0 Å². The van der Waals surface area contributed by atoms with Crippen LogP contribution in [0.5, 0.6) is 0 Å². The highest BCUT2D eigenvalue weighted by molar-refractivity contribution is 5.77. The van der Waals surface area contributed by atoms with Gasteiger partial charge in [-0.15, -0.1) is 0 Å². The molecule has 3 N–H and O–H groups in total. The third-order valence-corrected chi connectivity index (χ3v) is 0.915. The predicted octanol–water partition coefficient (Wildman–Crippen LogP) is -1.38. The van der Waals surface area contributed by atoms with Crippen molar-refractivity contribution in [3.63, 3.8) is 0 Å². The van der Waals surface area contributed by atoms with Gasteiger partial charge in [0.2, 0.25) is 5.91 Å². The van der Waals surface area contributed by atoms with Gasteiger partial charge in [-0.05, 0) is 0 Å². The van der Waals surface area contributed by atoms with Crippen LogP contribution >= 0.6 is 0 Å². The minimum atomic E-state index is -0.355. The summed E-state index contributed by atoms with van der Waals surface area (Å²) < 4.78 is 4.54. The first-order chi connectivity index (χ1) is 5.16. The zero-order valence-corrected chi connectivity index (χ0v) is 6.42. The van der Waals surface area contributed by atoms with E-state index in [4.69, 9.17) is 5.73 Å². The van der Waals surface area contributed by atoms with Crippen LogP contribution in [0, 0.1) is 0 Å². The Balaban J connectivity index is 3.14. The van der Waals surface area contributed by atoms with Crippen molar-refractivity contribution in [1.82, 2.24) is 5.32 Å². The number of rotatable bonds is 4. The lowest BCUT2D eigenvalue weighted by atomic mass is 10.5. The Kier molecular flexibility index (Phi) is 5.10. The summed E-state index contributed by atoms with van der Waals surface area (Å²) in [4.78, 5) is 20.7. The van der Waals surface area contributed by atoms with Gasteiger partial charge in [0, 0.05) is 6.92 Å². The maximum atomic E-state index is 10.5. The minimum Gasteiger partial charge on any atom is -0.464 e. The number of amides is 1. The number of ether oxygens (including phenoxy) is 1. The second kappa shape index (κ2) is 5.67. The lowest BCUT2D eigenvalue weighted by Crippen LogP contribution is -2.33. The van der Waals surface area contributed by atoms with E-state index in [0.29, 0.717) is 6.54 Å². The van der Waals surface area contributed by atoms with Crippen molar-refractivity contribution >= 4 is 11.9 Å². The third-order valence-electron chi connectivity index (χ3n) is 0.915. The van der Waals surface area contributed by atoms with E-state index in [9.17, 15) is 9.59 Å². The van der Waals surface area contributed by atoms with Crippen molar-refractivity contribution in [3.8, 4) is 0 Å². The quantitative estimate of drug-likeness (QED) is 0.392. The van der Waals surface area contributed by atoms with Crippen molar-refractivity contribution < 1.29 is 14.3 Å². The topological polar surface area (TPSA) is 81.4 Å². The molecule has 0 aromatic carbocycles. The van der Waals surface area contributed by atoms with Gasteiger partial charge >= 0.3 is 5.97 Å². The number of nitrogens with two attached hydrogens (primary N) is 1. The molecule has 0 atom stereocenters. The van der Waals surface area contributed by atoms with Crippen LogP contribution in [0.15, 0.2) is 0 Å². The Bertz CT molecular complexity index is 147. The molecule has 0 radical (unpaired) electrons. The molecule has 0 fully saturated rings. The summed E-state index contributed by atoms with van der Waals surface area (Å²) in [6.07, 6.45) is 0. The number of carbonyl (C=O) groups excluding carboxylic acids is 2. The largest absolute Gasteiger partial charge is 0.464 e. The first kappa shape index (κ1) is 9.90. The average molecular weight is 160 g/mol. The fourth-order valence-electron chi connectivity index (χ4n) is 0.457. The molecule has 0 aliphatic carbocycles. The molecular formula is C6H12N2O3. The van der Waals surface area contributed by atoms with Gasteiger partial charge in [-0.1, -0.05) is 0 Å². The molecule has 0 aliphatic rings. The second-order valence-corrected chi connectivity index (χ2v) is 1.89. The maximum absolute atomic E-state index is 10.5. The lowest BCUT2D eigenvalue weighted by molar-refractivity contribution is -0.141. The monoisotopic (exact) mass is 160 g/mol. The van der Waals surface area contributed by atoms with Crippen molar-refractivity contribution in [1.29, 1.82) is 0 Å². The van der Waals surface area contributed by atoms with Crippen LogP contribution in [-0.4, -0.2) is 31.6 Å². The van der Waals surface area contributed by atoms with E-state index in [1.54, 1.807) is 0 Å². The molecule has 0 saturated carbocycles. The van der Waals surface area contributed by atoms with E-state index in [1.807, 2.05) is 0 Å². The van der Waals surface area contributed by atoms with Crippen LogP contribution in [0.25, 0.3) is 0 Å². The van der Waals surface area contributed by atoms with E-state index in [1.165, 1.54) is 6.92 Å². The van der Waals surface area contributed by atoms with E-state index < -0.39 is 0 Å². The Morgan fingerprint density at radius 2 is 2.18 bits per heavy atom. The van der Waals surface area contributed by atoms with E-state index in [-0.39, 0.29) is 25.0 Å². The summed E-state index contributed by atoms with van der Waals surface area (Å²) in [5.41, 5.74) is 4.99. The average Bonchev–Trinajstić information content (AvgIpc) is 1.97.